The third-order valence-electron chi connectivity index (χ3n) is 5.42. The van der Waals surface area contributed by atoms with Crippen molar-refractivity contribution in [3.05, 3.63) is 103 Å². The number of hydrogen-bond acceptors (Lipinski definition) is 4. The average Bonchev–Trinajstić information content (AvgIpc) is 3.44. The van der Waals surface area contributed by atoms with Crippen LogP contribution in [-0.4, -0.2) is 26.8 Å². The molecule has 154 valence electrons. The van der Waals surface area contributed by atoms with Gasteiger partial charge in [0.1, 0.15) is 17.6 Å². The van der Waals surface area contributed by atoms with Gasteiger partial charge in [0, 0.05) is 24.3 Å². The Morgan fingerprint density at radius 1 is 0.903 bits per heavy atom. The van der Waals surface area contributed by atoms with Crippen molar-refractivity contribution in [2.75, 3.05) is 12.0 Å². The zero-order chi connectivity index (χ0) is 21.2. The van der Waals surface area contributed by atoms with Crippen molar-refractivity contribution >= 4 is 23.0 Å². The predicted octanol–water partition coefficient (Wildman–Crippen LogP) is 4.45. The number of rotatable bonds is 5. The zero-order valence-corrected chi connectivity index (χ0v) is 17.7. The molecule has 7 heteroatoms. The third kappa shape index (κ3) is 3.43. The van der Waals surface area contributed by atoms with Gasteiger partial charge in [-0.15, -0.1) is 0 Å². The summed E-state index contributed by atoms with van der Waals surface area (Å²) in [5.74, 6) is 1.61. The molecule has 6 nitrogen and oxygen atoms in total. The Morgan fingerprint density at radius 2 is 1.68 bits per heavy atom. The number of methoxy groups -OCH3 is 1. The number of nitrogens with one attached hydrogen (secondary N) is 1. The van der Waals surface area contributed by atoms with Crippen molar-refractivity contribution in [2.45, 2.75) is 12.1 Å². The highest BCUT2D eigenvalue weighted by atomic mass is 32.1. The lowest BCUT2D eigenvalue weighted by molar-refractivity contribution is 0.414. The molecule has 0 radical (unpaired) electrons. The second-order valence-electron chi connectivity index (χ2n) is 7.16. The number of thiocarbonyl (C=S) groups is 1. The number of benzene rings is 1. The minimum Gasteiger partial charge on any atom is -0.495 e. The Hall–Kier alpha value is -3.71. The lowest BCUT2D eigenvalue weighted by atomic mass is 10.0. The van der Waals surface area contributed by atoms with Gasteiger partial charge in [-0.25, -0.2) is 4.98 Å². The van der Waals surface area contributed by atoms with Crippen LogP contribution in [0, 0.1) is 0 Å². The van der Waals surface area contributed by atoms with Crippen molar-refractivity contribution in [3.8, 4) is 11.6 Å². The molecule has 0 amide bonds. The predicted molar refractivity (Wildman–Crippen MR) is 124 cm³/mol. The Balaban J connectivity index is 1.69. The summed E-state index contributed by atoms with van der Waals surface area (Å²) >= 11 is 5.82. The van der Waals surface area contributed by atoms with Gasteiger partial charge in [0.05, 0.1) is 24.5 Å². The van der Waals surface area contributed by atoms with E-state index in [1.54, 1.807) is 19.5 Å². The van der Waals surface area contributed by atoms with Crippen molar-refractivity contribution in [1.29, 1.82) is 0 Å². The molecule has 0 bridgehead atoms. The van der Waals surface area contributed by atoms with Gasteiger partial charge in [0.15, 0.2) is 5.11 Å². The van der Waals surface area contributed by atoms with E-state index in [9.17, 15) is 0 Å². The lowest BCUT2D eigenvalue weighted by Crippen LogP contribution is -2.30. The smallest absolute Gasteiger partial charge is 0.174 e. The number of pyridine rings is 2. The van der Waals surface area contributed by atoms with Crippen LogP contribution in [-0.2, 0) is 0 Å². The SMILES string of the molecule is COc1ccccc1N1C(=S)N[C@H](c2ccccn2)[C@H]1c1cccn1-c1ccccn1. The topological polar surface area (TPSA) is 55.2 Å². The molecule has 1 aliphatic heterocycles. The summed E-state index contributed by atoms with van der Waals surface area (Å²) in [5.41, 5.74) is 2.87. The third-order valence-corrected chi connectivity index (χ3v) is 5.74. The monoisotopic (exact) mass is 427 g/mol. The normalized spacial score (nSPS) is 18.1. The van der Waals surface area contributed by atoms with Gasteiger partial charge < -0.3 is 19.5 Å². The van der Waals surface area contributed by atoms with E-state index in [1.807, 2.05) is 72.9 Å². The number of anilines is 1. The quantitative estimate of drug-likeness (QED) is 0.475. The van der Waals surface area contributed by atoms with Gasteiger partial charge >= 0.3 is 0 Å². The maximum absolute atomic E-state index is 5.82. The summed E-state index contributed by atoms with van der Waals surface area (Å²) in [4.78, 5) is 11.3. The number of hydrogen-bond donors (Lipinski definition) is 1. The summed E-state index contributed by atoms with van der Waals surface area (Å²) in [6, 6.07) is 23.6. The Bertz CT molecular complexity index is 1190. The summed E-state index contributed by atoms with van der Waals surface area (Å²) in [6.07, 6.45) is 5.63. The van der Waals surface area contributed by atoms with Gasteiger partial charge in [0.2, 0.25) is 0 Å². The molecule has 1 saturated heterocycles. The number of aromatic nitrogens is 3. The minimum absolute atomic E-state index is 0.143. The molecule has 5 rings (SSSR count). The van der Waals surface area contributed by atoms with Crippen LogP contribution >= 0.6 is 12.2 Å². The molecule has 0 unspecified atom stereocenters. The fourth-order valence-electron chi connectivity index (χ4n) is 4.08. The van der Waals surface area contributed by atoms with Crippen LogP contribution < -0.4 is 15.0 Å². The first-order chi connectivity index (χ1) is 15.3. The molecule has 1 fully saturated rings. The van der Waals surface area contributed by atoms with Crippen LogP contribution in [0.4, 0.5) is 5.69 Å². The van der Waals surface area contributed by atoms with E-state index in [1.165, 1.54) is 0 Å². The van der Waals surface area contributed by atoms with Crippen LogP contribution in [0.3, 0.4) is 0 Å². The molecular formula is C24H21N5OS. The highest BCUT2D eigenvalue weighted by Gasteiger charge is 2.43. The molecule has 4 aromatic rings. The highest BCUT2D eigenvalue weighted by molar-refractivity contribution is 7.80. The largest absolute Gasteiger partial charge is 0.495 e. The van der Waals surface area contributed by atoms with E-state index in [0.29, 0.717) is 5.11 Å². The molecule has 0 aliphatic carbocycles. The zero-order valence-electron chi connectivity index (χ0n) is 16.9. The van der Waals surface area contributed by atoms with Crippen LogP contribution in [0.2, 0.25) is 0 Å². The molecule has 1 aliphatic rings. The van der Waals surface area contributed by atoms with Crippen LogP contribution in [0.1, 0.15) is 23.5 Å². The maximum atomic E-state index is 5.82. The molecule has 1 N–H and O–H groups in total. The molecular weight excluding hydrogens is 406 g/mol. The van der Waals surface area contributed by atoms with Crippen molar-refractivity contribution in [3.63, 3.8) is 0 Å². The van der Waals surface area contributed by atoms with Gasteiger partial charge in [-0.05, 0) is 60.7 Å². The highest BCUT2D eigenvalue weighted by Crippen LogP contribution is 2.44. The van der Waals surface area contributed by atoms with E-state index < -0.39 is 0 Å². The molecule has 4 heterocycles. The van der Waals surface area contributed by atoms with Crippen molar-refractivity contribution < 1.29 is 4.74 Å². The molecule has 1 aromatic carbocycles. The summed E-state index contributed by atoms with van der Waals surface area (Å²) in [5, 5.41) is 4.12. The number of ether oxygens (including phenoxy) is 1. The average molecular weight is 428 g/mol. The summed E-state index contributed by atoms with van der Waals surface area (Å²) < 4.78 is 7.76. The number of para-hydroxylation sites is 2. The van der Waals surface area contributed by atoms with E-state index >= 15 is 0 Å². The second kappa shape index (κ2) is 8.20. The first kappa shape index (κ1) is 19.3. The van der Waals surface area contributed by atoms with E-state index in [0.717, 1.165) is 28.6 Å². The summed E-state index contributed by atoms with van der Waals surface area (Å²) in [7, 11) is 1.67. The Kier molecular flexibility index (Phi) is 5.09. The molecule has 2 atom stereocenters. The summed E-state index contributed by atoms with van der Waals surface area (Å²) in [6.45, 7) is 0. The number of nitrogens with zero attached hydrogens (tertiary/aromatic N) is 4. The first-order valence-corrected chi connectivity index (χ1v) is 10.4. The fourth-order valence-corrected chi connectivity index (χ4v) is 4.42. The van der Waals surface area contributed by atoms with Crippen LogP contribution in [0.5, 0.6) is 5.75 Å². The lowest BCUT2D eigenvalue weighted by Gasteiger charge is -2.29. The second-order valence-corrected chi connectivity index (χ2v) is 7.55. The van der Waals surface area contributed by atoms with Gasteiger partial charge in [-0.2, -0.15) is 0 Å². The Morgan fingerprint density at radius 3 is 2.42 bits per heavy atom. The van der Waals surface area contributed by atoms with Gasteiger partial charge in [0.25, 0.3) is 0 Å². The van der Waals surface area contributed by atoms with Crippen molar-refractivity contribution in [1.82, 2.24) is 19.9 Å². The van der Waals surface area contributed by atoms with Gasteiger partial charge in [-0.3, -0.25) is 4.98 Å². The van der Waals surface area contributed by atoms with E-state index in [2.05, 4.69) is 30.8 Å². The maximum Gasteiger partial charge on any atom is 0.174 e. The van der Waals surface area contributed by atoms with E-state index in [-0.39, 0.29) is 12.1 Å². The Labute approximate surface area is 186 Å². The molecule has 0 spiro atoms. The molecule has 31 heavy (non-hydrogen) atoms. The van der Waals surface area contributed by atoms with Crippen molar-refractivity contribution in [2.24, 2.45) is 0 Å². The molecule has 0 saturated carbocycles. The first-order valence-electron chi connectivity index (χ1n) is 10.0. The van der Waals surface area contributed by atoms with Crippen LogP contribution in [0.15, 0.2) is 91.4 Å². The minimum atomic E-state index is -0.157. The standard InChI is InChI=1S/C24H21N5OS/c1-30-20-12-3-2-10-18(20)29-23(22(27-24(29)31)17-9-4-6-14-25-17)19-11-8-16-28(19)21-13-5-7-15-26-21/h2-16,22-23H,1H3,(H,27,31)/t22-,23-/m1/s1. The van der Waals surface area contributed by atoms with Crippen LogP contribution in [0.25, 0.3) is 5.82 Å². The fraction of sp³-hybridized carbons (Fsp3) is 0.125. The van der Waals surface area contributed by atoms with Gasteiger partial charge in [-0.1, -0.05) is 24.3 Å². The van der Waals surface area contributed by atoms with E-state index in [4.69, 9.17) is 17.0 Å². The molecule has 3 aromatic heterocycles.